The second kappa shape index (κ2) is 4.94. The molecule has 1 unspecified atom stereocenters. The molecule has 1 rings (SSSR count). The van der Waals surface area contributed by atoms with Crippen LogP contribution in [0.2, 0.25) is 0 Å². The molecule has 1 aliphatic rings. The first kappa shape index (κ1) is 12.5. The minimum absolute atomic E-state index is 0.00875. The zero-order chi connectivity index (χ0) is 11.5. The minimum Gasteiger partial charge on any atom is -0.377 e. The van der Waals surface area contributed by atoms with E-state index in [1.165, 1.54) is 0 Å². The lowest BCUT2D eigenvalue weighted by Gasteiger charge is -2.34. The third kappa shape index (κ3) is 4.18. The summed E-state index contributed by atoms with van der Waals surface area (Å²) < 4.78 is 5.29. The van der Waals surface area contributed by atoms with Crippen molar-refractivity contribution in [2.24, 2.45) is 0 Å². The number of amides is 1. The molecule has 1 fully saturated rings. The van der Waals surface area contributed by atoms with Crippen molar-refractivity contribution < 1.29 is 9.53 Å². The summed E-state index contributed by atoms with van der Waals surface area (Å²) in [5, 5.41) is 3.21. The number of nitrogens with zero attached hydrogens (tertiary/aromatic N) is 1. The van der Waals surface area contributed by atoms with E-state index >= 15 is 0 Å². The Morgan fingerprint density at radius 2 is 2.20 bits per heavy atom. The van der Waals surface area contributed by atoms with E-state index in [-0.39, 0.29) is 17.5 Å². The van der Waals surface area contributed by atoms with Gasteiger partial charge in [0.05, 0.1) is 25.8 Å². The number of hydrogen-bond donors (Lipinski definition) is 1. The molecule has 0 spiro atoms. The Balaban J connectivity index is 2.39. The molecule has 0 radical (unpaired) electrons. The van der Waals surface area contributed by atoms with Gasteiger partial charge >= 0.3 is 0 Å². The van der Waals surface area contributed by atoms with Crippen LogP contribution in [0.3, 0.4) is 0 Å². The molecule has 1 N–H and O–H groups in total. The van der Waals surface area contributed by atoms with Gasteiger partial charge in [-0.3, -0.25) is 4.79 Å². The van der Waals surface area contributed by atoms with Crippen molar-refractivity contribution in [1.82, 2.24) is 10.2 Å². The average Bonchev–Trinajstić information content (AvgIpc) is 2.14. The van der Waals surface area contributed by atoms with Gasteiger partial charge in [0, 0.05) is 12.1 Å². The van der Waals surface area contributed by atoms with Gasteiger partial charge in [-0.05, 0) is 27.7 Å². The average molecular weight is 214 g/mol. The van der Waals surface area contributed by atoms with Crippen molar-refractivity contribution in [3.8, 4) is 0 Å². The smallest absolute Gasteiger partial charge is 0.236 e. The molecule has 0 saturated carbocycles. The summed E-state index contributed by atoms with van der Waals surface area (Å²) in [6.07, 6.45) is 0. The lowest BCUT2D eigenvalue weighted by Crippen LogP contribution is -2.52. The Kier molecular flexibility index (Phi) is 4.11. The third-order valence-electron chi connectivity index (χ3n) is 2.46. The summed E-state index contributed by atoms with van der Waals surface area (Å²) in [7, 11) is 0. The molecular weight excluding hydrogens is 192 g/mol. The van der Waals surface area contributed by atoms with Crippen LogP contribution >= 0.6 is 0 Å². The largest absolute Gasteiger partial charge is 0.377 e. The number of rotatable bonds is 2. The number of nitrogens with one attached hydrogen (secondary N) is 1. The van der Waals surface area contributed by atoms with Crippen molar-refractivity contribution in [3.63, 3.8) is 0 Å². The van der Waals surface area contributed by atoms with Gasteiger partial charge in [0.2, 0.25) is 5.91 Å². The molecule has 1 amide bonds. The van der Waals surface area contributed by atoms with E-state index in [1.807, 2.05) is 11.8 Å². The normalized spacial score (nSPS) is 22.9. The molecule has 1 heterocycles. The first-order valence-electron chi connectivity index (χ1n) is 5.52. The standard InChI is InChI=1S/C11H22N2O2/c1-9-8-15-6-5-13(9)10(14)7-12-11(2,3)4/h9,12H,5-8H2,1-4H3. The molecule has 88 valence electrons. The summed E-state index contributed by atoms with van der Waals surface area (Å²) in [6, 6.07) is 0.202. The quantitative estimate of drug-likeness (QED) is 0.733. The van der Waals surface area contributed by atoms with Gasteiger partial charge in [0.25, 0.3) is 0 Å². The van der Waals surface area contributed by atoms with Crippen LogP contribution in [0, 0.1) is 0 Å². The highest BCUT2D eigenvalue weighted by Crippen LogP contribution is 2.06. The molecule has 0 aromatic heterocycles. The van der Waals surface area contributed by atoms with Crippen LogP contribution in [-0.4, -0.2) is 48.7 Å². The van der Waals surface area contributed by atoms with Gasteiger partial charge in [-0.2, -0.15) is 0 Å². The van der Waals surface area contributed by atoms with E-state index in [2.05, 4.69) is 26.1 Å². The first-order chi connectivity index (χ1) is 6.90. The fourth-order valence-electron chi connectivity index (χ4n) is 1.54. The van der Waals surface area contributed by atoms with Crippen LogP contribution in [-0.2, 0) is 9.53 Å². The van der Waals surface area contributed by atoms with Crippen LogP contribution in [0.25, 0.3) is 0 Å². The van der Waals surface area contributed by atoms with Crippen LogP contribution in [0.15, 0.2) is 0 Å². The van der Waals surface area contributed by atoms with Crippen LogP contribution < -0.4 is 5.32 Å². The molecule has 15 heavy (non-hydrogen) atoms. The Hall–Kier alpha value is -0.610. The zero-order valence-electron chi connectivity index (χ0n) is 10.2. The molecule has 4 nitrogen and oxygen atoms in total. The van der Waals surface area contributed by atoms with E-state index in [1.54, 1.807) is 0 Å². The highest BCUT2D eigenvalue weighted by Gasteiger charge is 2.24. The lowest BCUT2D eigenvalue weighted by atomic mass is 10.1. The summed E-state index contributed by atoms with van der Waals surface area (Å²) >= 11 is 0. The van der Waals surface area contributed by atoms with Gasteiger partial charge in [-0.25, -0.2) is 0 Å². The van der Waals surface area contributed by atoms with Crippen molar-refractivity contribution >= 4 is 5.91 Å². The van der Waals surface area contributed by atoms with E-state index < -0.39 is 0 Å². The predicted octanol–water partition coefficient (Wildman–Crippen LogP) is 0.622. The lowest BCUT2D eigenvalue weighted by molar-refractivity contribution is -0.138. The minimum atomic E-state index is -0.00875. The number of ether oxygens (including phenoxy) is 1. The Morgan fingerprint density at radius 1 is 1.53 bits per heavy atom. The van der Waals surface area contributed by atoms with E-state index in [4.69, 9.17) is 4.74 Å². The monoisotopic (exact) mass is 214 g/mol. The van der Waals surface area contributed by atoms with Crippen molar-refractivity contribution in [3.05, 3.63) is 0 Å². The fourth-order valence-corrected chi connectivity index (χ4v) is 1.54. The van der Waals surface area contributed by atoms with Gasteiger partial charge in [-0.1, -0.05) is 0 Å². The zero-order valence-corrected chi connectivity index (χ0v) is 10.2. The van der Waals surface area contributed by atoms with E-state index in [0.717, 1.165) is 0 Å². The number of carbonyl (C=O) groups is 1. The van der Waals surface area contributed by atoms with E-state index in [0.29, 0.717) is 26.3 Å². The van der Waals surface area contributed by atoms with Crippen LogP contribution in [0.1, 0.15) is 27.7 Å². The maximum atomic E-state index is 11.9. The molecular formula is C11H22N2O2. The highest BCUT2D eigenvalue weighted by molar-refractivity contribution is 5.78. The fraction of sp³-hybridized carbons (Fsp3) is 0.909. The van der Waals surface area contributed by atoms with Gasteiger partial charge in [-0.15, -0.1) is 0 Å². The highest BCUT2D eigenvalue weighted by atomic mass is 16.5. The summed E-state index contributed by atoms with van der Waals surface area (Å²) in [4.78, 5) is 13.8. The second-order valence-corrected chi connectivity index (χ2v) is 5.11. The Morgan fingerprint density at radius 3 is 2.73 bits per heavy atom. The molecule has 1 saturated heterocycles. The van der Waals surface area contributed by atoms with Gasteiger partial charge < -0.3 is 15.0 Å². The number of morpholine rings is 1. The van der Waals surface area contributed by atoms with Crippen LogP contribution in [0.4, 0.5) is 0 Å². The third-order valence-corrected chi connectivity index (χ3v) is 2.46. The number of carbonyl (C=O) groups excluding carboxylic acids is 1. The Labute approximate surface area is 92.0 Å². The summed E-state index contributed by atoms with van der Waals surface area (Å²) in [5.41, 5.74) is -0.00875. The van der Waals surface area contributed by atoms with Crippen LogP contribution in [0.5, 0.6) is 0 Å². The molecule has 1 aliphatic heterocycles. The van der Waals surface area contributed by atoms with Gasteiger partial charge in [0.15, 0.2) is 0 Å². The summed E-state index contributed by atoms with van der Waals surface area (Å²) in [5.74, 6) is 0.167. The molecule has 0 aromatic rings. The molecule has 0 bridgehead atoms. The molecule has 4 heteroatoms. The molecule has 1 atom stereocenters. The predicted molar refractivity (Wildman–Crippen MR) is 59.7 cm³/mol. The second-order valence-electron chi connectivity index (χ2n) is 5.11. The molecule has 0 aromatic carbocycles. The van der Waals surface area contributed by atoms with Gasteiger partial charge in [0.1, 0.15) is 0 Å². The topological polar surface area (TPSA) is 41.6 Å². The maximum absolute atomic E-state index is 11.9. The Bertz CT molecular complexity index is 223. The maximum Gasteiger partial charge on any atom is 0.236 e. The summed E-state index contributed by atoms with van der Waals surface area (Å²) in [6.45, 7) is 10.6. The number of hydrogen-bond acceptors (Lipinski definition) is 3. The van der Waals surface area contributed by atoms with Crippen molar-refractivity contribution in [2.45, 2.75) is 39.3 Å². The molecule has 0 aliphatic carbocycles. The SMILES string of the molecule is CC1COCCN1C(=O)CNC(C)(C)C. The first-order valence-corrected chi connectivity index (χ1v) is 5.52. The van der Waals surface area contributed by atoms with Crippen molar-refractivity contribution in [1.29, 1.82) is 0 Å². The van der Waals surface area contributed by atoms with Crippen molar-refractivity contribution in [2.75, 3.05) is 26.3 Å². The van der Waals surface area contributed by atoms with E-state index in [9.17, 15) is 4.79 Å².